The van der Waals surface area contributed by atoms with E-state index in [1.165, 1.54) is 19.9 Å². The summed E-state index contributed by atoms with van der Waals surface area (Å²) < 4.78 is 31.2. The molecule has 1 aromatic rings. The van der Waals surface area contributed by atoms with Crippen LogP contribution in [-0.4, -0.2) is 24.7 Å². The monoisotopic (exact) mass is 327 g/mol. The predicted octanol–water partition coefficient (Wildman–Crippen LogP) is -1.73. The predicted molar refractivity (Wildman–Crippen MR) is 68.4 cm³/mol. The van der Waals surface area contributed by atoms with E-state index >= 15 is 0 Å². The van der Waals surface area contributed by atoms with Crippen LogP contribution in [0.25, 0.3) is 0 Å². The zero-order valence-electron chi connectivity index (χ0n) is 11.2. The Morgan fingerprint density at radius 3 is 2.45 bits per heavy atom. The maximum atomic E-state index is 11.4. The molecule has 0 aliphatic rings. The molecule has 0 atom stereocenters. The van der Waals surface area contributed by atoms with Crippen LogP contribution in [0.5, 0.6) is 0 Å². The SMILES string of the molecule is CC(=O)CC([O-])=Nc1c(Cl)ccc(S(=O)(=O)O)c1C.[Na+]. The summed E-state index contributed by atoms with van der Waals surface area (Å²) in [5, 5.41) is 11.5. The van der Waals surface area contributed by atoms with Crippen molar-refractivity contribution < 1.29 is 52.4 Å². The fourth-order valence-electron chi connectivity index (χ4n) is 1.44. The Labute approximate surface area is 143 Å². The van der Waals surface area contributed by atoms with Crippen LogP contribution in [0.1, 0.15) is 18.9 Å². The van der Waals surface area contributed by atoms with Crippen LogP contribution in [0.15, 0.2) is 22.0 Å². The average Bonchev–Trinajstić information content (AvgIpc) is 2.21. The Bertz CT molecular complexity index is 657. The summed E-state index contributed by atoms with van der Waals surface area (Å²) in [7, 11) is -4.43. The number of hydrogen-bond acceptors (Lipinski definition) is 5. The van der Waals surface area contributed by atoms with Crippen molar-refractivity contribution in [3.05, 3.63) is 22.7 Å². The third-order valence-electron chi connectivity index (χ3n) is 2.25. The second-order valence-corrected chi connectivity index (χ2v) is 5.68. The molecule has 0 bridgehead atoms. The van der Waals surface area contributed by atoms with Crippen molar-refractivity contribution in [3.8, 4) is 0 Å². The molecule has 0 aliphatic heterocycles. The van der Waals surface area contributed by atoms with Crippen molar-refractivity contribution in [3.63, 3.8) is 0 Å². The minimum absolute atomic E-state index is 0. The van der Waals surface area contributed by atoms with E-state index in [1.807, 2.05) is 0 Å². The Morgan fingerprint density at radius 1 is 1.45 bits per heavy atom. The van der Waals surface area contributed by atoms with Gasteiger partial charge in [0.15, 0.2) is 0 Å². The van der Waals surface area contributed by atoms with Crippen molar-refractivity contribution >= 4 is 39.1 Å². The number of carbonyl (C=O) groups excluding carboxylic acids is 1. The second kappa shape index (κ2) is 7.53. The van der Waals surface area contributed by atoms with Crippen LogP contribution >= 0.6 is 11.6 Å². The number of carbonyl (C=O) groups is 1. The second-order valence-electron chi connectivity index (χ2n) is 3.88. The quantitative estimate of drug-likeness (QED) is 0.306. The van der Waals surface area contributed by atoms with Crippen LogP contribution in [0, 0.1) is 6.92 Å². The van der Waals surface area contributed by atoms with Crippen molar-refractivity contribution in [2.75, 3.05) is 0 Å². The minimum atomic E-state index is -4.43. The third-order valence-corrected chi connectivity index (χ3v) is 3.55. The molecule has 20 heavy (non-hydrogen) atoms. The third kappa shape index (κ3) is 5.16. The topological polar surface area (TPSA) is 107 Å². The summed E-state index contributed by atoms with van der Waals surface area (Å²) in [6, 6.07) is 2.32. The smallest absolute Gasteiger partial charge is 0.861 e. The Balaban J connectivity index is 0.00000361. The van der Waals surface area contributed by atoms with E-state index in [9.17, 15) is 18.3 Å². The molecule has 0 saturated heterocycles. The number of aliphatic imine (C=N–C) groups is 1. The molecule has 0 aromatic heterocycles. The molecular formula is C11H11ClNNaO5S. The van der Waals surface area contributed by atoms with Gasteiger partial charge in [-0.25, -0.2) is 0 Å². The van der Waals surface area contributed by atoms with Crippen molar-refractivity contribution in [2.45, 2.75) is 25.2 Å². The van der Waals surface area contributed by atoms with Crippen LogP contribution in [0.4, 0.5) is 5.69 Å². The molecule has 0 unspecified atom stereocenters. The van der Waals surface area contributed by atoms with Crippen LogP contribution in [0.3, 0.4) is 0 Å². The molecule has 0 aliphatic carbocycles. The number of halogens is 1. The largest absolute Gasteiger partial charge is 1.00 e. The van der Waals surface area contributed by atoms with Gasteiger partial charge in [0.25, 0.3) is 10.1 Å². The number of ketones is 1. The summed E-state index contributed by atoms with van der Waals surface area (Å²) in [5.41, 5.74) is -0.0186. The summed E-state index contributed by atoms with van der Waals surface area (Å²) in [6.45, 7) is 2.59. The van der Waals surface area contributed by atoms with E-state index in [-0.39, 0.29) is 56.5 Å². The van der Waals surface area contributed by atoms with E-state index in [1.54, 1.807) is 0 Å². The first kappa shape index (κ1) is 19.6. The van der Waals surface area contributed by atoms with Gasteiger partial charge in [-0.1, -0.05) is 11.6 Å². The van der Waals surface area contributed by atoms with E-state index in [2.05, 4.69) is 4.99 Å². The molecule has 1 rings (SSSR count). The zero-order chi connectivity index (χ0) is 14.8. The molecule has 0 spiro atoms. The van der Waals surface area contributed by atoms with Crippen molar-refractivity contribution in [1.82, 2.24) is 0 Å². The van der Waals surface area contributed by atoms with Gasteiger partial charge >= 0.3 is 29.6 Å². The van der Waals surface area contributed by atoms with Crippen LogP contribution in [-0.2, 0) is 14.9 Å². The fraction of sp³-hybridized carbons (Fsp3) is 0.273. The van der Waals surface area contributed by atoms with E-state index in [0.717, 1.165) is 6.07 Å². The number of Topliss-reactive ketones (excluding diaryl/α,β-unsaturated/α-hetero) is 1. The molecule has 0 amide bonds. The van der Waals surface area contributed by atoms with Gasteiger partial charge in [-0.2, -0.15) is 8.42 Å². The maximum Gasteiger partial charge on any atom is 1.00 e. The molecule has 0 heterocycles. The van der Waals surface area contributed by atoms with Gasteiger partial charge in [-0.05, 0) is 37.4 Å². The van der Waals surface area contributed by atoms with Gasteiger partial charge in [0, 0.05) is 6.42 Å². The zero-order valence-corrected chi connectivity index (χ0v) is 14.7. The maximum absolute atomic E-state index is 11.4. The average molecular weight is 328 g/mol. The van der Waals surface area contributed by atoms with E-state index < -0.39 is 22.4 Å². The van der Waals surface area contributed by atoms with E-state index in [4.69, 9.17) is 16.2 Å². The Morgan fingerprint density at radius 2 is 2.00 bits per heavy atom. The molecule has 6 nitrogen and oxygen atoms in total. The minimum Gasteiger partial charge on any atom is -0.861 e. The molecule has 9 heteroatoms. The first-order valence-corrected chi connectivity index (χ1v) is 6.95. The van der Waals surface area contributed by atoms with Gasteiger partial charge in [-0.15, -0.1) is 0 Å². The van der Waals surface area contributed by atoms with Gasteiger partial charge < -0.3 is 5.11 Å². The van der Waals surface area contributed by atoms with Gasteiger partial charge in [-0.3, -0.25) is 14.3 Å². The molecule has 0 radical (unpaired) electrons. The summed E-state index contributed by atoms with van der Waals surface area (Å²) in [6.07, 6.45) is -0.397. The summed E-state index contributed by atoms with van der Waals surface area (Å²) >= 11 is 5.82. The summed E-state index contributed by atoms with van der Waals surface area (Å²) in [4.78, 5) is 14.0. The van der Waals surface area contributed by atoms with E-state index in [0.29, 0.717) is 0 Å². The standard InChI is InChI=1S/C11H12ClNO5S.Na/c1-6(14)5-10(15)13-11-7(2)9(19(16,17)18)4-3-8(11)12;/h3-4H,5H2,1-2H3,(H,13,15)(H,16,17,18);/q;+1/p-1. The molecule has 1 aromatic carbocycles. The number of rotatable bonds is 4. The van der Waals surface area contributed by atoms with Crippen molar-refractivity contribution in [1.29, 1.82) is 0 Å². The van der Waals surface area contributed by atoms with Crippen LogP contribution < -0.4 is 34.7 Å². The normalized spacial score (nSPS) is 11.9. The fourth-order valence-corrected chi connectivity index (χ4v) is 2.41. The van der Waals surface area contributed by atoms with Crippen LogP contribution in [0.2, 0.25) is 5.02 Å². The molecule has 1 N–H and O–H groups in total. The first-order chi connectivity index (χ1) is 8.62. The van der Waals surface area contributed by atoms with Gasteiger partial charge in [0.1, 0.15) is 5.78 Å². The van der Waals surface area contributed by atoms with Crippen molar-refractivity contribution in [2.24, 2.45) is 4.99 Å². The Kier molecular flexibility index (Phi) is 7.37. The first-order valence-electron chi connectivity index (χ1n) is 5.13. The number of benzene rings is 1. The molecule has 0 saturated carbocycles. The summed E-state index contributed by atoms with van der Waals surface area (Å²) in [5.74, 6) is -1.10. The Hall–Kier alpha value is -0.440. The van der Waals surface area contributed by atoms with Gasteiger partial charge in [0.05, 0.1) is 15.6 Å². The number of nitrogens with zero attached hydrogens (tertiary/aromatic N) is 1. The number of hydrogen-bond donors (Lipinski definition) is 1. The van der Waals surface area contributed by atoms with Gasteiger partial charge in [0.2, 0.25) is 0 Å². The molecular weight excluding hydrogens is 317 g/mol. The molecule has 104 valence electrons. The molecule has 0 fully saturated rings.